The molecule has 11 heteroatoms. The molecule has 1 aliphatic heterocycles. The average Bonchev–Trinajstić information content (AvgIpc) is 3.16. The van der Waals surface area contributed by atoms with Crippen LogP contribution in [0.5, 0.6) is 0 Å². The van der Waals surface area contributed by atoms with Crippen LogP contribution < -0.4 is 10.6 Å². The molecule has 0 saturated carbocycles. The number of piperidine rings is 1. The van der Waals surface area contributed by atoms with Crippen LogP contribution in [0.25, 0.3) is 0 Å². The van der Waals surface area contributed by atoms with Crippen molar-refractivity contribution in [1.29, 1.82) is 0 Å². The van der Waals surface area contributed by atoms with Crippen molar-refractivity contribution in [3.05, 3.63) is 42.5 Å². The highest BCUT2D eigenvalue weighted by molar-refractivity contribution is 14.0. The SMILES string of the molecule is CCNC(=NCc1ncnn1C)NCC1CCN(S(=O)(=O)c2ccccc2)CC1.I. The van der Waals surface area contributed by atoms with E-state index >= 15 is 0 Å². The van der Waals surface area contributed by atoms with Gasteiger partial charge in [0.1, 0.15) is 18.7 Å². The molecule has 1 aromatic heterocycles. The zero-order valence-corrected chi connectivity index (χ0v) is 20.5. The summed E-state index contributed by atoms with van der Waals surface area (Å²) in [5.41, 5.74) is 0. The molecule has 9 nitrogen and oxygen atoms in total. The highest BCUT2D eigenvalue weighted by Crippen LogP contribution is 2.23. The Morgan fingerprint density at radius 1 is 1.20 bits per heavy atom. The summed E-state index contributed by atoms with van der Waals surface area (Å²) in [6.45, 7) is 5.06. The number of hydrogen-bond acceptors (Lipinski definition) is 5. The van der Waals surface area contributed by atoms with Crippen LogP contribution in [-0.2, 0) is 23.6 Å². The van der Waals surface area contributed by atoms with E-state index in [9.17, 15) is 8.42 Å². The number of halogens is 1. The Morgan fingerprint density at radius 2 is 1.90 bits per heavy atom. The summed E-state index contributed by atoms with van der Waals surface area (Å²) in [4.78, 5) is 9.10. The van der Waals surface area contributed by atoms with Crippen molar-refractivity contribution in [1.82, 2.24) is 29.7 Å². The number of hydrogen-bond donors (Lipinski definition) is 2. The maximum absolute atomic E-state index is 12.7. The molecule has 1 aromatic carbocycles. The molecule has 1 aliphatic rings. The molecule has 2 aromatic rings. The molecular formula is C19H30IN7O2S. The van der Waals surface area contributed by atoms with Crippen molar-refractivity contribution in [3.8, 4) is 0 Å². The molecular weight excluding hydrogens is 517 g/mol. The van der Waals surface area contributed by atoms with Gasteiger partial charge < -0.3 is 10.6 Å². The largest absolute Gasteiger partial charge is 0.357 e. The van der Waals surface area contributed by atoms with Crippen LogP contribution in [-0.4, -0.2) is 59.6 Å². The number of rotatable bonds is 7. The number of sulfonamides is 1. The van der Waals surface area contributed by atoms with Crippen molar-refractivity contribution in [2.75, 3.05) is 26.2 Å². The maximum Gasteiger partial charge on any atom is 0.243 e. The Kier molecular flexibility index (Phi) is 9.49. The van der Waals surface area contributed by atoms with Gasteiger partial charge in [-0.3, -0.25) is 4.68 Å². The number of guanidine groups is 1. The third kappa shape index (κ3) is 6.38. The summed E-state index contributed by atoms with van der Waals surface area (Å²) in [5, 5.41) is 10.7. The Morgan fingerprint density at radius 3 is 2.50 bits per heavy atom. The van der Waals surface area contributed by atoms with E-state index in [0.29, 0.717) is 30.4 Å². The van der Waals surface area contributed by atoms with Crippen LogP contribution in [0.4, 0.5) is 0 Å². The molecule has 3 rings (SSSR count). The lowest BCUT2D eigenvalue weighted by atomic mass is 9.98. The smallest absolute Gasteiger partial charge is 0.243 e. The standard InChI is InChI=1S/C19H29N7O2S.HI/c1-3-20-19(22-14-18-23-15-24-25(18)2)21-13-16-9-11-26(12-10-16)29(27,28)17-7-5-4-6-8-17;/h4-8,15-16H,3,9-14H2,1-2H3,(H2,20,21,22);1H. The van der Waals surface area contributed by atoms with E-state index < -0.39 is 10.0 Å². The van der Waals surface area contributed by atoms with Crippen molar-refractivity contribution in [3.63, 3.8) is 0 Å². The number of benzene rings is 1. The highest BCUT2D eigenvalue weighted by Gasteiger charge is 2.29. The summed E-state index contributed by atoms with van der Waals surface area (Å²) >= 11 is 0. The van der Waals surface area contributed by atoms with Crippen molar-refractivity contribution < 1.29 is 8.42 Å². The fraction of sp³-hybridized carbons (Fsp3) is 0.526. The van der Waals surface area contributed by atoms with E-state index in [-0.39, 0.29) is 24.0 Å². The predicted octanol–water partition coefficient (Wildman–Crippen LogP) is 1.59. The van der Waals surface area contributed by atoms with Crippen LogP contribution in [0.2, 0.25) is 0 Å². The molecule has 0 amide bonds. The first kappa shape index (κ1) is 24.5. The van der Waals surface area contributed by atoms with Gasteiger partial charge in [0.25, 0.3) is 0 Å². The van der Waals surface area contributed by atoms with Crippen LogP contribution in [0.1, 0.15) is 25.6 Å². The van der Waals surface area contributed by atoms with Crippen LogP contribution in [0.15, 0.2) is 46.5 Å². The zero-order chi connectivity index (χ0) is 20.7. The van der Waals surface area contributed by atoms with Gasteiger partial charge in [0.2, 0.25) is 10.0 Å². The maximum atomic E-state index is 12.7. The van der Waals surface area contributed by atoms with Gasteiger partial charge in [-0.25, -0.2) is 18.4 Å². The fourth-order valence-corrected chi connectivity index (χ4v) is 4.78. The number of aromatic nitrogens is 3. The molecule has 0 aliphatic carbocycles. The van der Waals surface area contributed by atoms with Crippen LogP contribution >= 0.6 is 24.0 Å². The molecule has 0 spiro atoms. The Hall–Kier alpha value is -1.73. The third-order valence-electron chi connectivity index (χ3n) is 5.04. The van der Waals surface area contributed by atoms with Crippen LogP contribution in [0, 0.1) is 5.92 Å². The zero-order valence-electron chi connectivity index (χ0n) is 17.4. The Bertz CT molecular complexity index is 910. The number of aliphatic imine (C=N–C) groups is 1. The van der Waals surface area contributed by atoms with Crippen molar-refractivity contribution >= 4 is 40.0 Å². The van der Waals surface area contributed by atoms with Gasteiger partial charge in [-0.05, 0) is 37.8 Å². The Labute approximate surface area is 195 Å². The minimum absolute atomic E-state index is 0. The van der Waals surface area contributed by atoms with Gasteiger partial charge in [-0.2, -0.15) is 9.40 Å². The second-order valence-electron chi connectivity index (χ2n) is 7.04. The molecule has 0 radical (unpaired) electrons. The first-order chi connectivity index (χ1) is 14.0. The molecule has 0 bridgehead atoms. The summed E-state index contributed by atoms with van der Waals surface area (Å²) < 4.78 is 28.8. The van der Waals surface area contributed by atoms with Gasteiger partial charge in [0.15, 0.2) is 5.96 Å². The lowest BCUT2D eigenvalue weighted by Crippen LogP contribution is -2.44. The summed E-state index contributed by atoms with van der Waals surface area (Å²) in [7, 11) is -1.56. The second-order valence-corrected chi connectivity index (χ2v) is 8.97. The number of aryl methyl sites for hydroxylation is 1. The van der Waals surface area contributed by atoms with Crippen molar-refractivity contribution in [2.24, 2.45) is 18.0 Å². The topological polar surface area (TPSA) is 105 Å². The van der Waals surface area contributed by atoms with Gasteiger partial charge in [-0.15, -0.1) is 24.0 Å². The minimum Gasteiger partial charge on any atom is -0.357 e. The molecule has 1 fully saturated rings. The molecule has 166 valence electrons. The molecule has 30 heavy (non-hydrogen) atoms. The van der Waals surface area contributed by atoms with Gasteiger partial charge in [-0.1, -0.05) is 18.2 Å². The predicted molar refractivity (Wildman–Crippen MR) is 127 cm³/mol. The van der Waals surface area contributed by atoms with E-state index in [1.165, 1.54) is 6.33 Å². The first-order valence-electron chi connectivity index (χ1n) is 9.91. The third-order valence-corrected chi connectivity index (χ3v) is 6.95. The van der Waals surface area contributed by atoms with Gasteiger partial charge in [0.05, 0.1) is 4.90 Å². The molecule has 1 saturated heterocycles. The minimum atomic E-state index is -3.40. The molecule has 2 N–H and O–H groups in total. The average molecular weight is 547 g/mol. The molecule has 2 heterocycles. The van der Waals surface area contributed by atoms with Crippen LogP contribution in [0.3, 0.4) is 0 Å². The van der Waals surface area contributed by atoms with E-state index in [1.54, 1.807) is 33.3 Å². The lowest BCUT2D eigenvalue weighted by Gasteiger charge is -2.31. The highest BCUT2D eigenvalue weighted by atomic mass is 127. The van der Waals surface area contributed by atoms with E-state index in [2.05, 4.69) is 25.7 Å². The lowest BCUT2D eigenvalue weighted by molar-refractivity contribution is 0.273. The quantitative estimate of drug-likeness (QED) is 0.310. The van der Waals surface area contributed by atoms with E-state index in [1.807, 2.05) is 20.0 Å². The fourth-order valence-electron chi connectivity index (χ4n) is 3.29. The molecule has 0 atom stereocenters. The summed E-state index contributed by atoms with van der Waals surface area (Å²) in [6.07, 6.45) is 3.16. The Balaban J connectivity index is 0.00000320. The summed E-state index contributed by atoms with van der Waals surface area (Å²) in [6, 6.07) is 8.64. The van der Waals surface area contributed by atoms with E-state index in [4.69, 9.17) is 0 Å². The number of nitrogens with one attached hydrogen (secondary N) is 2. The number of nitrogens with zero attached hydrogens (tertiary/aromatic N) is 5. The summed E-state index contributed by atoms with van der Waals surface area (Å²) in [5.74, 6) is 1.92. The van der Waals surface area contributed by atoms with Gasteiger partial charge in [0, 0.05) is 33.2 Å². The van der Waals surface area contributed by atoms with E-state index in [0.717, 1.165) is 37.7 Å². The monoisotopic (exact) mass is 547 g/mol. The van der Waals surface area contributed by atoms with Crippen molar-refractivity contribution in [2.45, 2.75) is 31.2 Å². The molecule has 0 unspecified atom stereocenters. The normalized spacial score (nSPS) is 16.1. The second kappa shape index (κ2) is 11.6. The van der Waals surface area contributed by atoms with Gasteiger partial charge >= 0.3 is 0 Å². The first-order valence-corrected chi connectivity index (χ1v) is 11.3.